The van der Waals surface area contributed by atoms with Crippen molar-refractivity contribution in [3.63, 3.8) is 0 Å². The van der Waals surface area contributed by atoms with E-state index in [1.165, 1.54) is 22.3 Å². The normalized spacial score (nSPS) is 12.2. The SMILES string of the molecule is CCOCCOCCOCCOCCOCCOCCOCCOCCOCCOCCOCCOCCOCCNC(=O)OCC1c2ccccc2-c2ccccc21. The molecule has 16 heteroatoms. The molecule has 0 radical (unpaired) electrons. The second kappa shape index (κ2) is 37.0. The Morgan fingerprint density at radius 3 is 0.983 bits per heavy atom. The van der Waals surface area contributed by atoms with Crippen LogP contribution in [0, 0.1) is 0 Å². The monoisotopic (exact) mass is 839 g/mol. The first-order chi connectivity index (χ1) is 29.3. The van der Waals surface area contributed by atoms with Gasteiger partial charge in [-0.05, 0) is 29.2 Å². The molecule has 1 N–H and O–H groups in total. The lowest BCUT2D eigenvalue weighted by Gasteiger charge is -2.14. The highest BCUT2D eigenvalue weighted by Gasteiger charge is 2.29. The number of nitrogens with one attached hydrogen (secondary N) is 1. The number of fused-ring (bicyclic) bond motifs is 3. The number of alkyl carbamates (subject to hydrolysis) is 1. The van der Waals surface area contributed by atoms with Crippen LogP contribution >= 0.6 is 0 Å². The number of carbonyl (C=O) groups excluding carboxylic acids is 1. The third-order valence-corrected chi connectivity index (χ3v) is 8.53. The summed E-state index contributed by atoms with van der Waals surface area (Å²) in [7, 11) is 0. The fourth-order valence-corrected chi connectivity index (χ4v) is 5.66. The number of ether oxygens (including phenoxy) is 14. The topological polar surface area (TPSA) is 158 Å². The lowest BCUT2D eigenvalue weighted by Crippen LogP contribution is -2.29. The molecule has 0 heterocycles. The number of rotatable bonds is 42. The van der Waals surface area contributed by atoms with Crippen LogP contribution in [0.2, 0.25) is 0 Å². The Balaban J connectivity index is 0.923. The molecule has 1 aliphatic rings. The number of hydrogen-bond acceptors (Lipinski definition) is 15. The molecule has 0 atom stereocenters. The lowest BCUT2D eigenvalue weighted by atomic mass is 9.98. The molecule has 336 valence electrons. The molecule has 0 saturated carbocycles. The third kappa shape index (κ3) is 25.5. The van der Waals surface area contributed by atoms with Crippen LogP contribution in [0.25, 0.3) is 11.1 Å². The second-order valence-electron chi connectivity index (χ2n) is 12.8. The maximum absolute atomic E-state index is 12.3. The van der Waals surface area contributed by atoms with Crippen molar-refractivity contribution < 1.29 is 71.1 Å². The standard InChI is InChI=1S/C43H69NO15/c1-2-46-13-14-48-17-18-50-21-22-52-25-26-54-29-30-56-33-34-58-36-35-57-32-31-55-28-27-53-24-23-51-20-19-49-16-15-47-12-11-44-43(45)59-37-42-40-9-5-3-7-38(40)39-8-4-6-10-41(39)42/h3-10,42H,2,11-37H2,1H3,(H,44,45). The maximum atomic E-state index is 12.3. The smallest absolute Gasteiger partial charge is 0.407 e. The van der Waals surface area contributed by atoms with Gasteiger partial charge in [-0.1, -0.05) is 48.5 Å². The number of amides is 1. The lowest BCUT2D eigenvalue weighted by molar-refractivity contribution is -0.0289. The minimum atomic E-state index is -0.454. The molecular formula is C43H69NO15. The number of benzene rings is 2. The summed E-state index contributed by atoms with van der Waals surface area (Å²) in [6.45, 7) is 15.7. The average Bonchev–Trinajstić information content (AvgIpc) is 3.58. The van der Waals surface area contributed by atoms with Crippen molar-refractivity contribution in [2.45, 2.75) is 12.8 Å². The van der Waals surface area contributed by atoms with Gasteiger partial charge in [0.15, 0.2) is 0 Å². The summed E-state index contributed by atoms with van der Waals surface area (Å²) < 4.78 is 76.6. The molecule has 3 rings (SSSR count). The quantitative estimate of drug-likeness (QED) is 0.0964. The molecule has 2 aromatic carbocycles. The maximum Gasteiger partial charge on any atom is 0.407 e. The van der Waals surface area contributed by atoms with Crippen LogP contribution < -0.4 is 5.32 Å². The largest absolute Gasteiger partial charge is 0.449 e. The average molecular weight is 840 g/mol. The van der Waals surface area contributed by atoms with E-state index in [0.717, 1.165) is 0 Å². The molecule has 1 aliphatic carbocycles. The minimum Gasteiger partial charge on any atom is -0.449 e. The van der Waals surface area contributed by atoms with Crippen LogP contribution in [0.4, 0.5) is 4.79 Å². The molecule has 59 heavy (non-hydrogen) atoms. The van der Waals surface area contributed by atoms with Crippen LogP contribution in [0.5, 0.6) is 0 Å². The summed E-state index contributed by atoms with van der Waals surface area (Å²) in [5, 5.41) is 2.74. The Morgan fingerprint density at radius 2 is 0.678 bits per heavy atom. The van der Waals surface area contributed by atoms with Gasteiger partial charge in [0, 0.05) is 19.1 Å². The summed E-state index contributed by atoms with van der Waals surface area (Å²) in [5.41, 5.74) is 4.77. The highest BCUT2D eigenvalue weighted by Crippen LogP contribution is 2.44. The van der Waals surface area contributed by atoms with Gasteiger partial charge in [0.05, 0.1) is 165 Å². The van der Waals surface area contributed by atoms with Gasteiger partial charge >= 0.3 is 6.09 Å². The minimum absolute atomic E-state index is 0.0348. The Morgan fingerprint density at radius 1 is 0.407 bits per heavy atom. The van der Waals surface area contributed by atoms with Crippen molar-refractivity contribution in [1.29, 1.82) is 0 Å². The molecule has 0 spiro atoms. The second-order valence-corrected chi connectivity index (χ2v) is 12.8. The van der Waals surface area contributed by atoms with Gasteiger partial charge in [-0.2, -0.15) is 0 Å². The first kappa shape index (κ1) is 50.5. The van der Waals surface area contributed by atoms with E-state index < -0.39 is 6.09 Å². The summed E-state index contributed by atoms with van der Waals surface area (Å²) in [6.07, 6.45) is -0.454. The molecule has 0 fully saturated rings. The molecule has 2 aromatic rings. The summed E-state index contributed by atoms with van der Waals surface area (Å²) in [4.78, 5) is 12.3. The van der Waals surface area contributed by atoms with Gasteiger partial charge < -0.3 is 71.6 Å². The highest BCUT2D eigenvalue weighted by molar-refractivity contribution is 5.79. The molecule has 0 aliphatic heterocycles. The van der Waals surface area contributed by atoms with E-state index in [4.69, 9.17) is 66.3 Å². The van der Waals surface area contributed by atoms with Crippen molar-refractivity contribution in [3.8, 4) is 11.1 Å². The Bertz CT molecular complexity index is 1230. The van der Waals surface area contributed by atoms with Crippen molar-refractivity contribution in [1.82, 2.24) is 5.32 Å². The van der Waals surface area contributed by atoms with Crippen molar-refractivity contribution in [3.05, 3.63) is 59.7 Å². The van der Waals surface area contributed by atoms with Gasteiger partial charge in [-0.25, -0.2) is 4.79 Å². The number of carbonyl (C=O) groups is 1. The van der Waals surface area contributed by atoms with Gasteiger partial charge in [0.25, 0.3) is 0 Å². The van der Waals surface area contributed by atoms with Crippen molar-refractivity contribution in [2.24, 2.45) is 0 Å². The molecule has 1 amide bonds. The van der Waals surface area contributed by atoms with Crippen LogP contribution in [0.1, 0.15) is 24.0 Å². The zero-order valence-electron chi connectivity index (χ0n) is 35.1. The van der Waals surface area contributed by atoms with Crippen LogP contribution in [0.15, 0.2) is 48.5 Å². The van der Waals surface area contributed by atoms with E-state index in [-0.39, 0.29) is 12.5 Å². The molecule has 0 saturated heterocycles. The van der Waals surface area contributed by atoms with E-state index in [0.29, 0.717) is 178 Å². The van der Waals surface area contributed by atoms with Crippen LogP contribution in [-0.4, -0.2) is 191 Å². The Hall–Kier alpha value is -2.81. The third-order valence-electron chi connectivity index (χ3n) is 8.53. The fraction of sp³-hybridized carbons (Fsp3) is 0.698. The van der Waals surface area contributed by atoms with E-state index in [2.05, 4.69) is 29.6 Å². The first-order valence-electron chi connectivity index (χ1n) is 20.9. The zero-order chi connectivity index (χ0) is 41.5. The predicted molar refractivity (Wildman–Crippen MR) is 219 cm³/mol. The van der Waals surface area contributed by atoms with Crippen LogP contribution in [0.3, 0.4) is 0 Å². The van der Waals surface area contributed by atoms with E-state index in [1.807, 2.05) is 31.2 Å². The highest BCUT2D eigenvalue weighted by atomic mass is 16.6. The molecule has 16 nitrogen and oxygen atoms in total. The van der Waals surface area contributed by atoms with Gasteiger partial charge in [-0.15, -0.1) is 0 Å². The van der Waals surface area contributed by atoms with E-state index in [1.54, 1.807) is 0 Å². The van der Waals surface area contributed by atoms with Gasteiger partial charge in [-0.3, -0.25) is 0 Å². The summed E-state index contributed by atoms with van der Waals surface area (Å²) in [6, 6.07) is 16.5. The molecule has 0 bridgehead atoms. The predicted octanol–water partition coefficient (Wildman–Crippen LogP) is 3.76. The van der Waals surface area contributed by atoms with Crippen LogP contribution in [-0.2, 0) is 66.3 Å². The fourth-order valence-electron chi connectivity index (χ4n) is 5.66. The molecular weight excluding hydrogens is 770 g/mol. The summed E-state index contributed by atoms with van der Waals surface area (Å²) in [5.74, 6) is 0.0348. The van der Waals surface area contributed by atoms with E-state index >= 15 is 0 Å². The molecule has 0 unspecified atom stereocenters. The number of hydrogen-bond donors (Lipinski definition) is 1. The van der Waals surface area contributed by atoms with Gasteiger partial charge in [0.1, 0.15) is 6.61 Å². The van der Waals surface area contributed by atoms with Gasteiger partial charge in [0.2, 0.25) is 0 Å². The van der Waals surface area contributed by atoms with Crippen molar-refractivity contribution in [2.75, 3.05) is 185 Å². The van der Waals surface area contributed by atoms with Crippen molar-refractivity contribution >= 4 is 6.09 Å². The first-order valence-corrected chi connectivity index (χ1v) is 20.9. The summed E-state index contributed by atoms with van der Waals surface area (Å²) >= 11 is 0. The van der Waals surface area contributed by atoms with E-state index in [9.17, 15) is 4.79 Å². The molecule has 0 aromatic heterocycles. The Kier molecular flexibility index (Phi) is 31.7. The zero-order valence-corrected chi connectivity index (χ0v) is 35.1. The Labute approximate surface area is 350 Å².